The lowest BCUT2D eigenvalue weighted by molar-refractivity contribution is 0.629. The molecule has 0 bridgehead atoms. The van der Waals surface area contributed by atoms with Gasteiger partial charge >= 0.3 is 0 Å². The van der Waals surface area contributed by atoms with Crippen molar-refractivity contribution in [1.82, 2.24) is 10.2 Å². The molecule has 0 amide bonds. The molecule has 1 aromatic rings. The molecular formula is C10H15N3. The van der Waals surface area contributed by atoms with Gasteiger partial charge in [0, 0.05) is 16.7 Å². The lowest BCUT2D eigenvalue weighted by Gasteiger charge is -2.09. The minimum absolute atomic E-state index is 0.467. The summed E-state index contributed by atoms with van der Waals surface area (Å²) >= 11 is 0. The van der Waals surface area contributed by atoms with Crippen molar-refractivity contribution in [2.24, 2.45) is 5.92 Å². The van der Waals surface area contributed by atoms with E-state index in [0.29, 0.717) is 11.2 Å². The van der Waals surface area contributed by atoms with Crippen LogP contribution < -0.4 is 5.73 Å². The van der Waals surface area contributed by atoms with Crippen molar-refractivity contribution in [2.45, 2.75) is 38.0 Å². The van der Waals surface area contributed by atoms with Crippen LogP contribution in [0.5, 0.6) is 0 Å². The Morgan fingerprint density at radius 2 is 2.46 bits per heavy atom. The lowest BCUT2D eigenvalue weighted by atomic mass is 9.96. The molecule has 0 unspecified atom stereocenters. The second-order valence-corrected chi connectivity index (χ2v) is 4.56. The molecule has 2 aliphatic rings. The molecule has 1 aromatic heterocycles. The molecule has 2 atom stereocenters. The van der Waals surface area contributed by atoms with Crippen LogP contribution >= 0.6 is 0 Å². The van der Waals surface area contributed by atoms with Crippen LogP contribution in [-0.2, 0) is 5.41 Å². The van der Waals surface area contributed by atoms with Gasteiger partial charge in [0.25, 0.3) is 0 Å². The molecule has 70 valence electrons. The van der Waals surface area contributed by atoms with E-state index in [1.54, 1.807) is 0 Å². The summed E-state index contributed by atoms with van der Waals surface area (Å²) in [5, 5.41) is 7.21. The maximum atomic E-state index is 5.74. The van der Waals surface area contributed by atoms with E-state index in [-0.39, 0.29) is 0 Å². The molecule has 13 heavy (non-hydrogen) atoms. The van der Waals surface area contributed by atoms with E-state index in [1.165, 1.54) is 36.9 Å². The van der Waals surface area contributed by atoms with Crippen LogP contribution in [-0.4, -0.2) is 10.2 Å². The zero-order chi connectivity index (χ0) is 9.05. The van der Waals surface area contributed by atoms with E-state index in [0.717, 1.165) is 5.92 Å². The largest absolute Gasteiger partial charge is 0.382 e. The minimum atomic E-state index is 0.467. The van der Waals surface area contributed by atoms with Crippen LogP contribution in [0.3, 0.4) is 0 Å². The van der Waals surface area contributed by atoms with Gasteiger partial charge in [-0.25, -0.2) is 0 Å². The van der Waals surface area contributed by atoms with Crippen molar-refractivity contribution in [3.8, 4) is 0 Å². The molecule has 0 aromatic carbocycles. The lowest BCUT2D eigenvalue weighted by Crippen LogP contribution is -2.07. The highest BCUT2D eigenvalue weighted by molar-refractivity contribution is 5.47. The first kappa shape index (κ1) is 7.42. The SMILES string of the molecule is Cc1c(N)n[nH]c1[C@@]12CCC[C@@H]1C2. The van der Waals surface area contributed by atoms with E-state index in [2.05, 4.69) is 17.1 Å². The molecule has 2 aliphatic carbocycles. The maximum absolute atomic E-state index is 5.74. The number of nitrogens with zero attached hydrogens (tertiary/aromatic N) is 1. The summed E-state index contributed by atoms with van der Waals surface area (Å²) in [6, 6.07) is 0. The summed E-state index contributed by atoms with van der Waals surface area (Å²) in [6.07, 6.45) is 5.47. The zero-order valence-corrected chi connectivity index (χ0v) is 7.93. The number of hydrogen-bond donors (Lipinski definition) is 2. The van der Waals surface area contributed by atoms with Crippen LogP contribution in [0.25, 0.3) is 0 Å². The van der Waals surface area contributed by atoms with Gasteiger partial charge in [-0.05, 0) is 32.1 Å². The number of anilines is 1. The van der Waals surface area contributed by atoms with Crippen molar-refractivity contribution in [1.29, 1.82) is 0 Å². The van der Waals surface area contributed by atoms with E-state index in [4.69, 9.17) is 5.73 Å². The molecule has 1 heterocycles. The van der Waals surface area contributed by atoms with E-state index in [9.17, 15) is 0 Å². The number of fused-ring (bicyclic) bond motifs is 1. The first-order valence-electron chi connectivity index (χ1n) is 5.05. The fourth-order valence-corrected chi connectivity index (χ4v) is 3.06. The highest BCUT2D eigenvalue weighted by atomic mass is 15.2. The average Bonchev–Trinajstić information content (AvgIpc) is 2.49. The predicted molar refractivity (Wildman–Crippen MR) is 51.4 cm³/mol. The number of aromatic amines is 1. The Kier molecular flexibility index (Phi) is 1.19. The Balaban J connectivity index is 2.05. The maximum Gasteiger partial charge on any atom is 0.148 e. The molecule has 3 rings (SSSR count). The van der Waals surface area contributed by atoms with Gasteiger partial charge in [0.05, 0.1) is 0 Å². The number of nitrogens with one attached hydrogen (secondary N) is 1. The van der Waals surface area contributed by atoms with Gasteiger partial charge in [-0.15, -0.1) is 0 Å². The molecule has 0 saturated heterocycles. The van der Waals surface area contributed by atoms with Crippen molar-refractivity contribution >= 4 is 5.82 Å². The number of nitrogens with two attached hydrogens (primary N) is 1. The molecule has 0 radical (unpaired) electrons. The molecule has 2 saturated carbocycles. The number of rotatable bonds is 1. The first-order chi connectivity index (χ1) is 6.24. The van der Waals surface area contributed by atoms with Gasteiger partial charge in [-0.1, -0.05) is 6.42 Å². The fraction of sp³-hybridized carbons (Fsp3) is 0.700. The van der Waals surface area contributed by atoms with Crippen molar-refractivity contribution in [3.05, 3.63) is 11.3 Å². The van der Waals surface area contributed by atoms with E-state index < -0.39 is 0 Å². The summed E-state index contributed by atoms with van der Waals surface area (Å²) in [7, 11) is 0. The Bertz CT molecular complexity index is 355. The van der Waals surface area contributed by atoms with Gasteiger partial charge in [0.2, 0.25) is 0 Å². The highest BCUT2D eigenvalue weighted by Crippen LogP contribution is 2.64. The predicted octanol–water partition coefficient (Wildman–Crippen LogP) is 1.74. The Morgan fingerprint density at radius 3 is 2.92 bits per heavy atom. The molecule has 2 fully saturated rings. The van der Waals surface area contributed by atoms with Gasteiger partial charge in [0.15, 0.2) is 0 Å². The summed E-state index contributed by atoms with van der Waals surface area (Å²) < 4.78 is 0. The Morgan fingerprint density at radius 1 is 1.62 bits per heavy atom. The van der Waals surface area contributed by atoms with Gasteiger partial charge in [-0.2, -0.15) is 5.10 Å². The Labute approximate surface area is 77.7 Å². The molecular weight excluding hydrogens is 162 g/mol. The third-order valence-electron chi connectivity index (χ3n) is 3.95. The van der Waals surface area contributed by atoms with Crippen LogP contribution in [0.2, 0.25) is 0 Å². The molecule has 0 spiro atoms. The normalized spacial score (nSPS) is 36.2. The van der Waals surface area contributed by atoms with Crippen LogP contribution in [0.15, 0.2) is 0 Å². The molecule has 3 heteroatoms. The standard InChI is InChI=1S/C10H15N3/c1-6-8(12-13-9(6)11)10-4-2-3-7(10)5-10/h7H,2-5H2,1H3,(H3,11,12,13)/t7-,10-/m1/s1. The molecule has 0 aliphatic heterocycles. The number of nitrogen functional groups attached to an aromatic ring is 1. The van der Waals surface area contributed by atoms with Crippen molar-refractivity contribution in [2.75, 3.05) is 5.73 Å². The van der Waals surface area contributed by atoms with Crippen molar-refractivity contribution in [3.63, 3.8) is 0 Å². The van der Waals surface area contributed by atoms with E-state index >= 15 is 0 Å². The first-order valence-corrected chi connectivity index (χ1v) is 5.05. The summed E-state index contributed by atoms with van der Waals surface area (Å²) in [5.41, 5.74) is 8.72. The van der Waals surface area contributed by atoms with Gasteiger partial charge in [0.1, 0.15) is 5.82 Å². The van der Waals surface area contributed by atoms with Crippen LogP contribution in [0, 0.1) is 12.8 Å². The zero-order valence-electron chi connectivity index (χ0n) is 7.93. The monoisotopic (exact) mass is 177 g/mol. The van der Waals surface area contributed by atoms with E-state index in [1.807, 2.05) is 0 Å². The van der Waals surface area contributed by atoms with Gasteiger partial charge in [-0.3, -0.25) is 5.10 Å². The van der Waals surface area contributed by atoms with Crippen LogP contribution in [0.1, 0.15) is 36.9 Å². The highest BCUT2D eigenvalue weighted by Gasteiger charge is 2.59. The Hall–Kier alpha value is -0.990. The summed E-state index contributed by atoms with van der Waals surface area (Å²) in [4.78, 5) is 0. The fourth-order valence-electron chi connectivity index (χ4n) is 3.06. The second-order valence-electron chi connectivity index (χ2n) is 4.56. The minimum Gasteiger partial charge on any atom is -0.382 e. The third kappa shape index (κ3) is 0.773. The van der Waals surface area contributed by atoms with Crippen LogP contribution in [0.4, 0.5) is 5.82 Å². The number of aromatic nitrogens is 2. The number of hydrogen-bond acceptors (Lipinski definition) is 2. The smallest absolute Gasteiger partial charge is 0.148 e. The quantitative estimate of drug-likeness (QED) is 0.686. The summed E-state index contributed by atoms with van der Waals surface area (Å²) in [5.74, 6) is 1.60. The molecule has 3 N–H and O–H groups in total. The topological polar surface area (TPSA) is 54.7 Å². The summed E-state index contributed by atoms with van der Waals surface area (Å²) in [6.45, 7) is 2.08. The average molecular weight is 177 g/mol. The second kappa shape index (κ2) is 2.08. The van der Waals surface area contributed by atoms with Crippen molar-refractivity contribution < 1.29 is 0 Å². The third-order valence-corrected chi connectivity index (χ3v) is 3.95. The van der Waals surface area contributed by atoms with Gasteiger partial charge < -0.3 is 5.73 Å². The molecule has 3 nitrogen and oxygen atoms in total. The number of H-pyrrole nitrogens is 1.